The molecular formula is C17H23ClN4O. The van der Waals surface area contributed by atoms with E-state index in [0.717, 1.165) is 30.9 Å². The zero-order valence-electron chi connectivity index (χ0n) is 13.5. The van der Waals surface area contributed by atoms with Crippen molar-refractivity contribution >= 4 is 18.3 Å². The van der Waals surface area contributed by atoms with Gasteiger partial charge < -0.3 is 10.6 Å². The van der Waals surface area contributed by atoms with Crippen LogP contribution in [0.5, 0.6) is 0 Å². The van der Waals surface area contributed by atoms with Crippen LogP contribution in [0, 0.1) is 12.3 Å². The topological polar surface area (TPSA) is 64.2 Å². The fourth-order valence-electron chi connectivity index (χ4n) is 2.86. The summed E-state index contributed by atoms with van der Waals surface area (Å²) in [6.45, 7) is 6.24. The molecule has 1 aliphatic heterocycles. The van der Waals surface area contributed by atoms with Crippen molar-refractivity contribution in [2.45, 2.75) is 20.3 Å². The standard InChI is InChI=1S/C17H22N4O.ClH/c1-13-7-9-21(19-13)15-5-3-14(4-6-15)16(22)20-10-8-17(2,11-18)12-20;/h3-7,9H,8,10-12,18H2,1-2H3;1H. The number of hydrogen-bond donors (Lipinski definition) is 1. The molecule has 0 aliphatic carbocycles. The predicted octanol–water partition coefficient (Wildman–Crippen LogP) is 2.41. The largest absolute Gasteiger partial charge is 0.338 e. The molecule has 6 heteroatoms. The Bertz CT molecular complexity index is 682. The quantitative estimate of drug-likeness (QED) is 0.937. The van der Waals surface area contributed by atoms with Crippen molar-refractivity contribution in [3.8, 4) is 5.69 Å². The summed E-state index contributed by atoms with van der Waals surface area (Å²) in [5.74, 6) is 0.0837. The second-order valence-electron chi connectivity index (χ2n) is 6.44. The Morgan fingerprint density at radius 2 is 2.00 bits per heavy atom. The van der Waals surface area contributed by atoms with Crippen LogP contribution in [0.3, 0.4) is 0 Å². The summed E-state index contributed by atoms with van der Waals surface area (Å²) in [7, 11) is 0. The minimum atomic E-state index is 0. The molecule has 23 heavy (non-hydrogen) atoms. The lowest BCUT2D eigenvalue weighted by Crippen LogP contribution is -2.34. The number of benzene rings is 1. The first-order chi connectivity index (χ1) is 10.5. The van der Waals surface area contributed by atoms with Crippen LogP contribution in [0.25, 0.3) is 5.69 Å². The summed E-state index contributed by atoms with van der Waals surface area (Å²) in [5.41, 5.74) is 8.51. The molecule has 0 spiro atoms. The molecule has 1 amide bonds. The maximum Gasteiger partial charge on any atom is 0.253 e. The van der Waals surface area contributed by atoms with E-state index in [4.69, 9.17) is 5.73 Å². The Morgan fingerprint density at radius 1 is 1.30 bits per heavy atom. The van der Waals surface area contributed by atoms with Crippen LogP contribution >= 0.6 is 12.4 Å². The molecule has 2 heterocycles. The van der Waals surface area contributed by atoms with Gasteiger partial charge in [0.2, 0.25) is 0 Å². The van der Waals surface area contributed by atoms with E-state index in [-0.39, 0.29) is 23.7 Å². The van der Waals surface area contributed by atoms with Crippen molar-refractivity contribution in [1.29, 1.82) is 0 Å². The highest BCUT2D eigenvalue weighted by Crippen LogP contribution is 2.29. The van der Waals surface area contributed by atoms with Crippen molar-refractivity contribution in [3.63, 3.8) is 0 Å². The number of aryl methyl sites for hydroxylation is 1. The number of likely N-dealkylation sites (tertiary alicyclic amines) is 1. The van der Waals surface area contributed by atoms with Gasteiger partial charge in [-0.3, -0.25) is 4.79 Å². The highest BCUT2D eigenvalue weighted by atomic mass is 35.5. The lowest BCUT2D eigenvalue weighted by atomic mass is 9.90. The summed E-state index contributed by atoms with van der Waals surface area (Å²) >= 11 is 0. The molecule has 5 nitrogen and oxygen atoms in total. The molecule has 0 bridgehead atoms. The van der Waals surface area contributed by atoms with Crippen LogP contribution in [0.2, 0.25) is 0 Å². The third-order valence-electron chi connectivity index (χ3n) is 4.44. The van der Waals surface area contributed by atoms with Gasteiger partial charge in [-0.1, -0.05) is 6.92 Å². The minimum Gasteiger partial charge on any atom is -0.338 e. The third kappa shape index (κ3) is 3.57. The lowest BCUT2D eigenvalue weighted by molar-refractivity contribution is 0.0777. The molecule has 0 saturated carbocycles. The fourth-order valence-corrected chi connectivity index (χ4v) is 2.86. The molecule has 1 atom stereocenters. The molecular weight excluding hydrogens is 312 g/mol. The molecule has 1 fully saturated rings. The zero-order chi connectivity index (χ0) is 15.7. The van der Waals surface area contributed by atoms with Crippen LogP contribution < -0.4 is 5.73 Å². The Morgan fingerprint density at radius 3 is 2.52 bits per heavy atom. The summed E-state index contributed by atoms with van der Waals surface area (Å²) < 4.78 is 1.81. The van der Waals surface area contributed by atoms with Gasteiger partial charge in [-0.25, -0.2) is 4.68 Å². The number of rotatable bonds is 3. The first-order valence-corrected chi connectivity index (χ1v) is 7.63. The van der Waals surface area contributed by atoms with E-state index in [9.17, 15) is 4.79 Å². The van der Waals surface area contributed by atoms with Crippen LogP contribution in [-0.4, -0.2) is 40.2 Å². The van der Waals surface area contributed by atoms with E-state index in [1.54, 1.807) is 0 Å². The number of halogens is 1. The Balaban J connectivity index is 0.00000192. The molecule has 1 aromatic heterocycles. The smallest absolute Gasteiger partial charge is 0.253 e. The molecule has 1 aromatic carbocycles. The first kappa shape index (κ1) is 17.5. The van der Waals surface area contributed by atoms with Crippen molar-refractivity contribution in [3.05, 3.63) is 47.8 Å². The second kappa shape index (κ2) is 6.72. The molecule has 1 aliphatic rings. The molecule has 124 valence electrons. The van der Waals surface area contributed by atoms with Gasteiger partial charge in [0, 0.05) is 24.8 Å². The maximum atomic E-state index is 12.6. The average Bonchev–Trinajstić information content (AvgIpc) is 3.14. The van der Waals surface area contributed by atoms with E-state index in [0.29, 0.717) is 12.1 Å². The third-order valence-corrected chi connectivity index (χ3v) is 4.44. The highest BCUT2D eigenvalue weighted by molar-refractivity contribution is 5.94. The Kier molecular flexibility index (Phi) is 5.12. The van der Waals surface area contributed by atoms with Gasteiger partial charge in [0.1, 0.15) is 0 Å². The summed E-state index contributed by atoms with van der Waals surface area (Å²) in [6.07, 6.45) is 2.89. The van der Waals surface area contributed by atoms with E-state index < -0.39 is 0 Å². The van der Waals surface area contributed by atoms with Gasteiger partial charge in [0.15, 0.2) is 0 Å². The monoisotopic (exact) mass is 334 g/mol. The van der Waals surface area contributed by atoms with Crippen LogP contribution in [0.1, 0.15) is 29.4 Å². The minimum absolute atomic E-state index is 0. The number of aromatic nitrogens is 2. The van der Waals surface area contributed by atoms with Crippen LogP contribution in [-0.2, 0) is 0 Å². The molecule has 2 N–H and O–H groups in total. The molecule has 2 aromatic rings. The molecule has 1 unspecified atom stereocenters. The van der Waals surface area contributed by atoms with Crippen molar-refractivity contribution in [2.75, 3.05) is 19.6 Å². The summed E-state index contributed by atoms with van der Waals surface area (Å²) in [5, 5.41) is 4.37. The van der Waals surface area contributed by atoms with E-state index >= 15 is 0 Å². The van der Waals surface area contributed by atoms with Crippen LogP contribution in [0.4, 0.5) is 0 Å². The van der Waals surface area contributed by atoms with Crippen molar-refractivity contribution in [2.24, 2.45) is 11.1 Å². The Labute approximate surface area is 142 Å². The van der Waals surface area contributed by atoms with Crippen molar-refractivity contribution < 1.29 is 4.79 Å². The number of hydrogen-bond acceptors (Lipinski definition) is 3. The molecule has 0 radical (unpaired) electrons. The fraction of sp³-hybridized carbons (Fsp3) is 0.412. The van der Waals surface area contributed by atoms with Gasteiger partial charge in [-0.2, -0.15) is 5.10 Å². The number of amides is 1. The lowest BCUT2D eigenvalue weighted by Gasteiger charge is -2.22. The molecule has 3 rings (SSSR count). The highest BCUT2D eigenvalue weighted by Gasteiger charge is 2.35. The van der Waals surface area contributed by atoms with Crippen LogP contribution in [0.15, 0.2) is 36.5 Å². The van der Waals surface area contributed by atoms with Gasteiger partial charge in [0.25, 0.3) is 5.91 Å². The molecule has 1 saturated heterocycles. The van der Waals surface area contributed by atoms with E-state index in [1.807, 2.05) is 53.0 Å². The number of carbonyl (C=O) groups is 1. The zero-order valence-corrected chi connectivity index (χ0v) is 14.3. The predicted molar refractivity (Wildman–Crippen MR) is 93.2 cm³/mol. The van der Waals surface area contributed by atoms with Crippen molar-refractivity contribution in [1.82, 2.24) is 14.7 Å². The number of nitrogens with zero attached hydrogens (tertiary/aromatic N) is 3. The average molecular weight is 335 g/mol. The van der Waals surface area contributed by atoms with Gasteiger partial charge in [-0.05, 0) is 55.6 Å². The van der Waals surface area contributed by atoms with Gasteiger partial charge >= 0.3 is 0 Å². The summed E-state index contributed by atoms with van der Waals surface area (Å²) in [6, 6.07) is 9.55. The first-order valence-electron chi connectivity index (χ1n) is 7.63. The van der Waals surface area contributed by atoms with E-state index in [2.05, 4.69) is 12.0 Å². The van der Waals surface area contributed by atoms with Gasteiger partial charge in [-0.15, -0.1) is 12.4 Å². The van der Waals surface area contributed by atoms with E-state index in [1.165, 1.54) is 0 Å². The Hall–Kier alpha value is -1.85. The maximum absolute atomic E-state index is 12.6. The van der Waals surface area contributed by atoms with Gasteiger partial charge in [0.05, 0.1) is 11.4 Å². The second-order valence-corrected chi connectivity index (χ2v) is 6.44. The summed E-state index contributed by atoms with van der Waals surface area (Å²) in [4.78, 5) is 14.5. The SMILES string of the molecule is Cc1ccn(-c2ccc(C(=O)N3CCC(C)(CN)C3)cc2)n1.Cl. The number of nitrogens with two attached hydrogens (primary N) is 1. The number of carbonyl (C=O) groups excluding carboxylic acids is 1. The normalized spacial score (nSPS) is 20.4.